The Labute approximate surface area is 98.7 Å². The molecule has 4 nitrogen and oxygen atoms in total. The maximum Gasteiger partial charge on any atom is 0.220 e. The van der Waals surface area contributed by atoms with Crippen LogP contribution in [0.5, 0.6) is 11.6 Å². The zero-order valence-electron chi connectivity index (χ0n) is 9.00. The van der Waals surface area contributed by atoms with Gasteiger partial charge in [0, 0.05) is 6.07 Å². The van der Waals surface area contributed by atoms with E-state index in [0.717, 1.165) is 5.56 Å². The van der Waals surface area contributed by atoms with Gasteiger partial charge in [0.25, 0.3) is 0 Å². The summed E-state index contributed by atoms with van der Waals surface area (Å²) in [5.41, 5.74) is 1.13. The smallest absolute Gasteiger partial charge is 0.220 e. The van der Waals surface area contributed by atoms with Gasteiger partial charge >= 0.3 is 0 Å². The molecule has 0 radical (unpaired) electrons. The predicted octanol–water partition coefficient (Wildman–Crippen LogP) is 2.24. The van der Waals surface area contributed by atoms with E-state index in [4.69, 9.17) is 15.1 Å². The molecule has 2 aromatic rings. The number of aliphatic hydroxyl groups excluding tert-OH is 1. The van der Waals surface area contributed by atoms with Crippen LogP contribution >= 0.6 is 0 Å². The highest BCUT2D eigenvalue weighted by molar-refractivity contribution is 5.32. The first-order valence-corrected chi connectivity index (χ1v) is 5.06. The van der Waals surface area contributed by atoms with Crippen LogP contribution < -0.4 is 4.74 Å². The van der Waals surface area contributed by atoms with Crippen LogP contribution in [0.1, 0.15) is 11.3 Å². The molecule has 0 spiro atoms. The first kappa shape index (κ1) is 11.1. The van der Waals surface area contributed by atoms with Crippen LogP contribution in [0.3, 0.4) is 0 Å². The maximum absolute atomic E-state index is 8.90. The minimum Gasteiger partial charge on any atom is -0.439 e. The molecule has 17 heavy (non-hydrogen) atoms. The van der Waals surface area contributed by atoms with Crippen LogP contribution in [0.15, 0.2) is 42.5 Å². The first-order valence-electron chi connectivity index (χ1n) is 5.06. The summed E-state index contributed by atoms with van der Waals surface area (Å²) >= 11 is 0. The molecular formula is C13H10N2O2. The lowest BCUT2D eigenvalue weighted by Gasteiger charge is -2.05. The van der Waals surface area contributed by atoms with Crippen molar-refractivity contribution in [3.05, 3.63) is 53.7 Å². The average molecular weight is 226 g/mol. The lowest BCUT2D eigenvalue weighted by Crippen LogP contribution is -1.90. The molecule has 2 rings (SSSR count). The van der Waals surface area contributed by atoms with Crippen molar-refractivity contribution in [2.75, 3.05) is 0 Å². The summed E-state index contributed by atoms with van der Waals surface area (Å²) < 4.78 is 5.48. The Bertz CT molecular complexity index is 544. The number of ether oxygens (including phenoxy) is 1. The van der Waals surface area contributed by atoms with Gasteiger partial charge in [0.2, 0.25) is 5.88 Å². The summed E-state index contributed by atoms with van der Waals surface area (Å²) in [6.07, 6.45) is 0. The van der Waals surface area contributed by atoms with Crippen molar-refractivity contribution in [3.8, 4) is 17.7 Å². The normalized spacial score (nSPS) is 9.65. The van der Waals surface area contributed by atoms with Crippen molar-refractivity contribution in [2.24, 2.45) is 0 Å². The van der Waals surface area contributed by atoms with Crippen molar-refractivity contribution in [2.45, 2.75) is 6.61 Å². The molecule has 84 valence electrons. The van der Waals surface area contributed by atoms with Crippen LogP contribution in [0, 0.1) is 11.3 Å². The van der Waals surface area contributed by atoms with E-state index in [-0.39, 0.29) is 6.61 Å². The van der Waals surface area contributed by atoms with Gasteiger partial charge in [-0.2, -0.15) is 5.26 Å². The minimum absolute atomic E-state index is 0.00243. The number of benzene rings is 1. The van der Waals surface area contributed by atoms with Gasteiger partial charge < -0.3 is 9.84 Å². The molecule has 1 aromatic heterocycles. The van der Waals surface area contributed by atoms with E-state index in [0.29, 0.717) is 17.3 Å². The zero-order valence-corrected chi connectivity index (χ0v) is 9.00. The highest BCUT2D eigenvalue weighted by Gasteiger charge is 2.00. The van der Waals surface area contributed by atoms with Gasteiger partial charge in [-0.25, -0.2) is 4.98 Å². The standard InChI is InChI=1S/C13H10N2O2/c14-8-11-2-1-3-13(15-11)17-12-6-4-10(9-16)5-7-12/h1-7,16H,9H2. The van der Waals surface area contributed by atoms with Crippen LogP contribution in [0.2, 0.25) is 0 Å². The van der Waals surface area contributed by atoms with E-state index >= 15 is 0 Å². The number of pyridine rings is 1. The molecule has 1 aromatic carbocycles. The highest BCUT2D eigenvalue weighted by atomic mass is 16.5. The molecule has 1 N–H and O–H groups in total. The molecule has 0 bridgehead atoms. The second-order valence-electron chi connectivity index (χ2n) is 3.38. The third-order valence-corrected chi connectivity index (χ3v) is 2.17. The van der Waals surface area contributed by atoms with Gasteiger partial charge in [0.05, 0.1) is 6.61 Å². The second-order valence-corrected chi connectivity index (χ2v) is 3.38. The number of aromatic nitrogens is 1. The van der Waals surface area contributed by atoms with Crippen molar-refractivity contribution in [1.29, 1.82) is 5.26 Å². The van der Waals surface area contributed by atoms with Gasteiger partial charge in [-0.3, -0.25) is 0 Å². The van der Waals surface area contributed by atoms with Crippen LogP contribution in [-0.4, -0.2) is 10.1 Å². The van der Waals surface area contributed by atoms with Gasteiger partial charge in [0.15, 0.2) is 0 Å². The molecule has 0 fully saturated rings. The monoisotopic (exact) mass is 226 g/mol. The lowest BCUT2D eigenvalue weighted by molar-refractivity contribution is 0.281. The topological polar surface area (TPSA) is 66.1 Å². The van der Waals surface area contributed by atoms with Gasteiger partial charge in [-0.1, -0.05) is 18.2 Å². The fourth-order valence-corrected chi connectivity index (χ4v) is 1.32. The number of hydrogen-bond donors (Lipinski definition) is 1. The molecule has 0 saturated carbocycles. The fourth-order valence-electron chi connectivity index (χ4n) is 1.32. The minimum atomic E-state index is 0.00243. The number of aliphatic hydroxyl groups is 1. The summed E-state index contributed by atoms with van der Waals surface area (Å²) in [7, 11) is 0. The van der Waals surface area contributed by atoms with Gasteiger partial charge in [-0.05, 0) is 23.8 Å². The number of nitrogens with zero attached hydrogens (tertiary/aromatic N) is 2. The molecule has 0 amide bonds. The number of hydrogen-bond acceptors (Lipinski definition) is 4. The van der Waals surface area contributed by atoms with Crippen LogP contribution in [0.4, 0.5) is 0 Å². The molecule has 0 aliphatic carbocycles. The highest BCUT2D eigenvalue weighted by Crippen LogP contribution is 2.19. The Morgan fingerprint density at radius 2 is 1.94 bits per heavy atom. The molecule has 0 unspecified atom stereocenters. The van der Waals surface area contributed by atoms with E-state index in [2.05, 4.69) is 4.98 Å². The summed E-state index contributed by atoms with van der Waals surface area (Å²) in [6, 6.07) is 14.0. The Morgan fingerprint density at radius 3 is 2.59 bits per heavy atom. The van der Waals surface area contributed by atoms with Gasteiger partial charge in [-0.15, -0.1) is 0 Å². The summed E-state index contributed by atoms with van der Waals surface area (Å²) in [4.78, 5) is 4.00. The lowest BCUT2D eigenvalue weighted by atomic mass is 10.2. The molecule has 0 atom stereocenters. The SMILES string of the molecule is N#Cc1cccc(Oc2ccc(CO)cc2)n1. The van der Waals surface area contributed by atoms with Crippen LogP contribution in [-0.2, 0) is 6.61 Å². The largest absolute Gasteiger partial charge is 0.439 e. The van der Waals surface area contributed by atoms with E-state index in [9.17, 15) is 0 Å². The molecule has 0 aliphatic heterocycles. The van der Waals surface area contributed by atoms with Gasteiger partial charge in [0.1, 0.15) is 17.5 Å². The van der Waals surface area contributed by atoms with E-state index in [1.165, 1.54) is 0 Å². The Kier molecular flexibility index (Phi) is 3.34. The van der Waals surface area contributed by atoms with Crippen molar-refractivity contribution in [3.63, 3.8) is 0 Å². The Balaban J connectivity index is 2.16. The number of rotatable bonds is 3. The summed E-state index contributed by atoms with van der Waals surface area (Å²) in [5, 5.41) is 17.6. The molecule has 1 heterocycles. The van der Waals surface area contributed by atoms with E-state index in [1.54, 1.807) is 42.5 Å². The summed E-state index contributed by atoms with van der Waals surface area (Å²) in [5.74, 6) is 0.991. The van der Waals surface area contributed by atoms with E-state index in [1.807, 2.05) is 6.07 Å². The number of nitriles is 1. The third kappa shape index (κ3) is 2.80. The molecule has 4 heteroatoms. The zero-order chi connectivity index (χ0) is 12.1. The van der Waals surface area contributed by atoms with Crippen LogP contribution in [0.25, 0.3) is 0 Å². The molecule has 0 saturated heterocycles. The Morgan fingerprint density at radius 1 is 1.18 bits per heavy atom. The fraction of sp³-hybridized carbons (Fsp3) is 0.0769. The van der Waals surface area contributed by atoms with Crippen molar-refractivity contribution < 1.29 is 9.84 Å². The molecular weight excluding hydrogens is 216 g/mol. The average Bonchev–Trinajstić information content (AvgIpc) is 2.40. The maximum atomic E-state index is 8.90. The first-order chi connectivity index (χ1) is 8.31. The van der Waals surface area contributed by atoms with E-state index < -0.39 is 0 Å². The second kappa shape index (κ2) is 5.10. The molecule has 0 aliphatic rings. The predicted molar refractivity (Wildman–Crippen MR) is 61.4 cm³/mol. The van der Waals surface area contributed by atoms with Crippen molar-refractivity contribution in [1.82, 2.24) is 4.98 Å². The van der Waals surface area contributed by atoms with Crippen molar-refractivity contribution >= 4 is 0 Å². The summed E-state index contributed by atoms with van der Waals surface area (Å²) in [6.45, 7) is 0.00243. The third-order valence-electron chi connectivity index (χ3n) is 2.17. The quantitative estimate of drug-likeness (QED) is 0.871. The Hall–Kier alpha value is -2.38.